The van der Waals surface area contributed by atoms with Gasteiger partial charge >= 0.3 is 0 Å². The minimum Gasteiger partial charge on any atom is -0.207 e. The monoisotopic (exact) mass is 345 g/mol. The van der Waals surface area contributed by atoms with Crippen molar-refractivity contribution in [2.24, 2.45) is 0 Å². The Labute approximate surface area is 146 Å². The molecule has 0 aliphatic carbocycles. The van der Waals surface area contributed by atoms with Crippen LogP contribution in [0.4, 0.5) is 0 Å². The fraction of sp³-hybridized carbons (Fsp3) is 0.400. The molecule has 2 aromatic carbocycles. The first kappa shape index (κ1) is 18.7. The zero-order valence-corrected chi connectivity index (χ0v) is 15.9. The lowest BCUT2D eigenvalue weighted by molar-refractivity contribution is 0.566. The van der Waals surface area contributed by atoms with Crippen molar-refractivity contribution < 1.29 is 8.42 Å². The second-order valence-electron chi connectivity index (χ2n) is 6.59. The van der Waals surface area contributed by atoms with Gasteiger partial charge in [-0.25, -0.2) is 13.1 Å². The van der Waals surface area contributed by atoms with E-state index in [1.165, 1.54) is 5.56 Å². The highest BCUT2D eigenvalue weighted by atomic mass is 32.2. The van der Waals surface area contributed by atoms with E-state index in [-0.39, 0.29) is 6.04 Å². The molecule has 2 aromatic rings. The summed E-state index contributed by atoms with van der Waals surface area (Å²) in [6.45, 7) is 9.96. The first-order chi connectivity index (χ1) is 11.2. The smallest absolute Gasteiger partial charge is 0.207 e. The van der Waals surface area contributed by atoms with E-state index in [0.717, 1.165) is 23.1 Å². The van der Waals surface area contributed by atoms with Gasteiger partial charge < -0.3 is 0 Å². The van der Waals surface area contributed by atoms with E-state index < -0.39 is 10.0 Å². The summed E-state index contributed by atoms with van der Waals surface area (Å²) >= 11 is 0. The SMILES string of the molecule is CCC(C)c1ccc(C(C)NS(=O)(=O)c2cc(C)ccc2C)cc1. The summed E-state index contributed by atoms with van der Waals surface area (Å²) in [5.74, 6) is 0.515. The number of hydrogen-bond acceptors (Lipinski definition) is 2. The topological polar surface area (TPSA) is 46.2 Å². The summed E-state index contributed by atoms with van der Waals surface area (Å²) in [4.78, 5) is 0.352. The van der Waals surface area contributed by atoms with Gasteiger partial charge in [0.1, 0.15) is 0 Å². The maximum absolute atomic E-state index is 12.7. The molecule has 0 amide bonds. The lowest BCUT2D eigenvalue weighted by Gasteiger charge is -2.17. The van der Waals surface area contributed by atoms with Crippen LogP contribution in [0.2, 0.25) is 0 Å². The van der Waals surface area contributed by atoms with Gasteiger partial charge in [0.05, 0.1) is 4.90 Å². The number of benzene rings is 2. The molecular weight excluding hydrogens is 318 g/mol. The van der Waals surface area contributed by atoms with Gasteiger partial charge in [0.15, 0.2) is 0 Å². The highest BCUT2D eigenvalue weighted by molar-refractivity contribution is 7.89. The van der Waals surface area contributed by atoms with Crippen LogP contribution in [-0.4, -0.2) is 8.42 Å². The molecule has 2 unspecified atom stereocenters. The van der Waals surface area contributed by atoms with Crippen molar-refractivity contribution in [1.82, 2.24) is 4.72 Å². The van der Waals surface area contributed by atoms with Gasteiger partial charge in [0.2, 0.25) is 10.0 Å². The number of hydrogen-bond donors (Lipinski definition) is 1. The van der Waals surface area contributed by atoms with Crippen molar-refractivity contribution in [3.8, 4) is 0 Å². The third-order valence-corrected chi connectivity index (χ3v) is 6.27. The Morgan fingerprint density at radius 3 is 2.12 bits per heavy atom. The summed E-state index contributed by atoms with van der Waals surface area (Å²) < 4.78 is 28.2. The Kier molecular flexibility index (Phi) is 5.83. The summed E-state index contributed by atoms with van der Waals surface area (Å²) in [5, 5.41) is 0. The first-order valence-corrected chi connectivity index (χ1v) is 9.92. The van der Waals surface area contributed by atoms with Crippen LogP contribution in [0.5, 0.6) is 0 Å². The number of nitrogens with one attached hydrogen (secondary N) is 1. The standard InChI is InChI=1S/C20H27NO2S/c1-6-15(3)18-9-11-19(12-10-18)17(5)21-24(22,23)20-13-14(2)7-8-16(20)4/h7-13,15,17,21H,6H2,1-5H3. The molecule has 0 aliphatic heterocycles. The maximum atomic E-state index is 12.7. The molecule has 3 nitrogen and oxygen atoms in total. The van der Waals surface area contributed by atoms with E-state index in [9.17, 15) is 8.42 Å². The van der Waals surface area contributed by atoms with Crippen molar-refractivity contribution >= 4 is 10.0 Å². The summed E-state index contributed by atoms with van der Waals surface area (Å²) in [5.41, 5.74) is 3.95. The largest absolute Gasteiger partial charge is 0.241 e. The molecule has 0 spiro atoms. The average Bonchev–Trinajstić information content (AvgIpc) is 2.56. The maximum Gasteiger partial charge on any atom is 0.241 e. The van der Waals surface area contributed by atoms with Gasteiger partial charge in [-0.05, 0) is 61.4 Å². The molecule has 0 heterocycles. The Hall–Kier alpha value is -1.65. The van der Waals surface area contributed by atoms with Crippen LogP contribution >= 0.6 is 0 Å². The van der Waals surface area contributed by atoms with Crippen LogP contribution in [-0.2, 0) is 10.0 Å². The quantitative estimate of drug-likeness (QED) is 0.813. The predicted molar refractivity (Wildman–Crippen MR) is 99.8 cm³/mol. The second-order valence-corrected chi connectivity index (χ2v) is 8.27. The van der Waals surface area contributed by atoms with Gasteiger partial charge in [-0.2, -0.15) is 0 Å². The Morgan fingerprint density at radius 1 is 0.958 bits per heavy atom. The molecule has 2 rings (SSSR count). The minimum atomic E-state index is -3.54. The van der Waals surface area contributed by atoms with Crippen molar-refractivity contribution in [2.45, 2.75) is 57.9 Å². The molecule has 2 atom stereocenters. The van der Waals surface area contributed by atoms with E-state index in [4.69, 9.17) is 0 Å². The van der Waals surface area contributed by atoms with Gasteiger partial charge in [-0.15, -0.1) is 0 Å². The van der Waals surface area contributed by atoms with Crippen molar-refractivity contribution in [3.05, 3.63) is 64.7 Å². The number of sulfonamides is 1. The number of aryl methyl sites for hydroxylation is 2. The molecule has 130 valence electrons. The fourth-order valence-corrected chi connectivity index (χ4v) is 4.27. The van der Waals surface area contributed by atoms with Crippen molar-refractivity contribution in [1.29, 1.82) is 0 Å². The van der Waals surface area contributed by atoms with E-state index >= 15 is 0 Å². The van der Waals surface area contributed by atoms with E-state index in [1.54, 1.807) is 6.07 Å². The molecule has 0 radical (unpaired) electrons. The molecule has 0 bridgehead atoms. The summed E-state index contributed by atoms with van der Waals surface area (Å²) in [6, 6.07) is 13.4. The zero-order valence-electron chi connectivity index (χ0n) is 15.1. The summed E-state index contributed by atoms with van der Waals surface area (Å²) in [6.07, 6.45) is 1.09. The molecule has 0 saturated carbocycles. The van der Waals surface area contributed by atoms with E-state index in [0.29, 0.717) is 10.8 Å². The van der Waals surface area contributed by atoms with Crippen LogP contribution < -0.4 is 4.72 Å². The molecule has 0 fully saturated rings. The van der Waals surface area contributed by atoms with Crippen LogP contribution in [0, 0.1) is 13.8 Å². The molecule has 24 heavy (non-hydrogen) atoms. The van der Waals surface area contributed by atoms with Crippen LogP contribution in [0.3, 0.4) is 0 Å². The molecule has 1 N–H and O–H groups in total. The third-order valence-electron chi connectivity index (χ3n) is 4.58. The van der Waals surface area contributed by atoms with Crippen molar-refractivity contribution in [2.75, 3.05) is 0 Å². The minimum absolute atomic E-state index is 0.277. The average molecular weight is 346 g/mol. The van der Waals surface area contributed by atoms with E-state index in [1.807, 2.05) is 45.0 Å². The zero-order chi connectivity index (χ0) is 17.9. The van der Waals surface area contributed by atoms with Gasteiger partial charge in [0.25, 0.3) is 0 Å². The predicted octanol–water partition coefficient (Wildman–Crippen LogP) is 4.86. The van der Waals surface area contributed by atoms with Gasteiger partial charge in [-0.3, -0.25) is 0 Å². The van der Waals surface area contributed by atoms with Crippen molar-refractivity contribution in [3.63, 3.8) is 0 Å². The molecule has 0 aromatic heterocycles. The molecule has 0 saturated heterocycles. The number of rotatable bonds is 6. The highest BCUT2D eigenvalue weighted by Crippen LogP contribution is 2.23. The fourth-order valence-electron chi connectivity index (χ4n) is 2.71. The Bertz CT molecular complexity index is 795. The highest BCUT2D eigenvalue weighted by Gasteiger charge is 2.20. The molecule has 4 heteroatoms. The molecule has 0 aliphatic rings. The lowest BCUT2D eigenvalue weighted by atomic mass is 9.96. The molecular formula is C20H27NO2S. The third kappa shape index (κ3) is 4.25. The first-order valence-electron chi connectivity index (χ1n) is 8.44. The Morgan fingerprint density at radius 2 is 1.54 bits per heavy atom. The second kappa shape index (κ2) is 7.49. The van der Waals surface area contributed by atoms with E-state index in [2.05, 4.69) is 30.7 Å². The van der Waals surface area contributed by atoms with Crippen LogP contribution in [0.15, 0.2) is 47.4 Å². The summed E-state index contributed by atoms with van der Waals surface area (Å²) in [7, 11) is -3.54. The Balaban J connectivity index is 2.21. The normalized spacial score (nSPS) is 14.4. The van der Waals surface area contributed by atoms with Crippen LogP contribution in [0.25, 0.3) is 0 Å². The lowest BCUT2D eigenvalue weighted by Crippen LogP contribution is -2.27. The van der Waals surface area contributed by atoms with Crippen LogP contribution in [0.1, 0.15) is 61.4 Å². The van der Waals surface area contributed by atoms with Gasteiger partial charge in [-0.1, -0.05) is 50.2 Å². The van der Waals surface area contributed by atoms with Gasteiger partial charge in [0, 0.05) is 6.04 Å².